The molecule has 2 heterocycles. The van der Waals surface area contributed by atoms with Crippen molar-refractivity contribution in [3.05, 3.63) is 24.0 Å². The standard InChI is InChI=1S/C19H25F3N4O5S/c1-10-4-14(25-32(29,30)17(21)22)15(26(10)18(27)28)9-31-13-2-3-19(6-11(19)5-13)16-23-7-12(20)8-24-16/h7-8,10-11,13-15,17,25H,2-6,9H2,1H3,(H,27,28)/t10-,11?,13?,14+,15+,19?/m1/s1. The molecule has 32 heavy (non-hydrogen) atoms. The zero-order chi connectivity index (χ0) is 23.3. The number of rotatable bonds is 7. The normalized spacial score (nSPS) is 34.5. The molecule has 9 nitrogen and oxygen atoms in total. The molecule has 13 heteroatoms. The number of hydrogen-bond acceptors (Lipinski definition) is 6. The van der Waals surface area contributed by atoms with Crippen molar-refractivity contribution in [2.24, 2.45) is 5.92 Å². The van der Waals surface area contributed by atoms with Crippen LogP contribution in [0.5, 0.6) is 0 Å². The van der Waals surface area contributed by atoms with Crippen LogP contribution < -0.4 is 4.72 Å². The third-order valence-corrected chi connectivity index (χ3v) is 8.02. The maximum atomic E-state index is 13.1. The summed E-state index contributed by atoms with van der Waals surface area (Å²) < 4.78 is 70.0. The van der Waals surface area contributed by atoms with Crippen molar-refractivity contribution in [2.45, 2.75) is 74.4 Å². The zero-order valence-corrected chi connectivity index (χ0v) is 18.1. The van der Waals surface area contributed by atoms with Gasteiger partial charge in [0, 0.05) is 17.5 Å². The number of nitrogens with one attached hydrogen (secondary N) is 1. The minimum absolute atomic E-state index is 0.0740. The lowest BCUT2D eigenvalue weighted by Gasteiger charge is -2.32. The van der Waals surface area contributed by atoms with Crippen LogP contribution in [0.15, 0.2) is 12.4 Å². The van der Waals surface area contributed by atoms with Gasteiger partial charge in [-0.15, -0.1) is 0 Å². The molecule has 0 aromatic carbocycles. The first-order chi connectivity index (χ1) is 15.0. The number of fused-ring (bicyclic) bond motifs is 1. The smallest absolute Gasteiger partial charge is 0.407 e. The number of nitrogens with zero attached hydrogens (tertiary/aromatic N) is 3. The predicted octanol–water partition coefficient (Wildman–Crippen LogP) is 2.09. The Bertz CT molecular complexity index is 966. The largest absolute Gasteiger partial charge is 0.465 e. The van der Waals surface area contributed by atoms with Gasteiger partial charge in [-0.1, -0.05) is 0 Å². The number of sulfonamides is 1. The first-order valence-electron chi connectivity index (χ1n) is 10.4. The van der Waals surface area contributed by atoms with Gasteiger partial charge >= 0.3 is 11.9 Å². The molecule has 2 aliphatic carbocycles. The van der Waals surface area contributed by atoms with Crippen molar-refractivity contribution in [3.63, 3.8) is 0 Å². The van der Waals surface area contributed by atoms with E-state index in [4.69, 9.17) is 4.74 Å². The lowest BCUT2D eigenvalue weighted by molar-refractivity contribution is -0.00882. The van der Waals surface area contributed by atoms with Gasteiger partial charge in [-0.3, -0.25) is 4.90 Å². The molecule has 1 aliphatic heterocycles. The summed E-state index contributed by atoms with van der Waals surface area (Å²) in [6.45, 7) is 1.49. The molecule has 1 amide bonds. The first-order valence-corrected chi connectivity index (χ1v) is 12.0. The van der Waals surface area contributed by atoms with Crippen LogP contribution in [0.1, 0.15) is 44.9 Å². The van der Waals surface area contributed by atoms with Gasteiger partial charge in [0.15, 0.2) is 5.82 Å². The molecule has 6 atom stereocenters. The third kappa shape index (κ3) is 4.29. The molecule has 4 rings (SSSR count). The van der Waals surface area contributed by atoms with Gasteiger partial charge in [0.05, 0.1) is 31.1 Å². The number of ether oxygens (including phenoxy) is 1. The maximum absolute atomic E-state index is 13.1. The highest BCUT2D eigenvalue weighted by Gasteiger charge is 2.60. The fourth-order valence-corrected chi connectivity index (χ4v) is 6.04. The van der Waals surface area contributed by atoms with Crippen molar-refractivity contribution >= 4 is 16.1 Å². The third-order valence-electron chi connectivity index (χ3n) is 6.92. The van der Waals surface area contributed by atoms with Crippen LogP contribution in [0.2, 0.25) is 0 Å². The predicted molar refractivity (Wildman–Crippen MR) is 105 cm³/mol. The Kier molecular flexibility index (Phi) is 6.09. The molecule has 0 spiro atoms. The Balaban J connectivity index is 1.39. The number of likely N-dealkylation sites (tertiary alicyclic amines) is 1. The van der Waals surface area contributed by atoms with Gasteiger partial charge in [0.1, 0.15) is 5.82 Å². The molecular formula is C19H25F3N4O5S. The van der Waals surface area contributed by atoms with E-state index in [0.717, 1.165) is 30.1 Å². The summed E-state index contributed by atoms with van der Waals surface area (Å²) in [5.74, 6) is -3.22. The van der Waals surface area contributed by atoms with Crippen LogP contribution in [0.4, 0.5) is 18.0 Å². The minimum Gasteiger partial charge on any atom is -0.465 e. The van der Waals surface area contributed by atoms with E-state index in [9.17, 15) is 31.5 Å². The topological polar surface area (TPSA) is 122 Å². The molecule has 0 bridgehead atoms. The van der Waals surface area contributed by atoms with Crippen LogP contribution in [0.25, 0.3) is 0 Å². The highest BCUT2D eigenvalue weighted by molar-refractivity contribution is 7.89. The summed E-state index contributed by atoms with van der Waals surface area (Å²) in [6.07, 6.45) is 3.86. The Hall–Kier alpha value is -1.99. The summed E-state index contributed by atoms with van der Waals surface area (Å²) in [7, 11) is -4.87. The number of hydrogen-bond donors (Lipinski definition) is 2. The number of amides is 1. The fraction of sp³-hybridized carbons (Fsp3) is 0.737. The van der Waals surface area contributed by atoms with Crippen molar-refractivity contribution in [1.29, 1.82) is 0 Å². The van der Waals surface area contributed by atoms with Gasteiger partial charge in [0.25, 0.3) is 10.0 Å². The first kappa shape index (κ1) is 23.2. The molecule has 3 aliphatic rings. The molecular weight excluding hydrogens is 453 g/mol. The fourth-order valence-electron chi connectivity index (χ4n) is 5.27. The quantitative estimate of drug-likeness (QED) is 0.615. The van der Waals surface area contributed by atoms with E-state index in [1.807, 2.05) is 4.72 Å². The summed E-state index contributed by atoms with van der Waals surface area (Å²) >= 11 is 0. The molecule has 178 valence electrons. The number of halogens is 3. The molecule has 1 aromatic heterocycles. The Morgan fingerprint density at radius 3 is 2.66 bits per heavy atom. The van der Waals surface area contributed by atoms with Crippen molar-refractivity contribution in [1.82, 2.24) is 19.6 Å². The maximum Gasteiger partial charge on any atom is 0.407 e. The summed E-state index contributed by atoms with van der Waals surface area (Å²) in [5.41, 5.74) is -0.183. The molecule has 2 N–H and O–H groups in total. The van der Waals surface area contributed by atoms with Gasteiger partial charge in [-0.2, -0.15) is 8.78 Å². The van der Waals surface area contributed by atoms with Crippen LogP contribution in [-0.4, -0.2) is 71.1 Å². The molecule has 0 radical (unpaired) electrons. The van der Waals surface area contributed by atoms with E-state index in [1.165, 1.54) is 0 Å². The van der Waals surface area contributed by atoms with Crippen LogP contribution in [-0.2, 0) is 20.2 Å². The highest BCUT2D eigenvalue weighted by atomic mass is 32.2. The molecule has 1 aromatic rings. The Morgan fingerprint density at radius 2 is 2.06 bits per heavy atom. The van der Waals surface area contributed by atoms with Crippen LogP contribution >= 0.6 is 0 Å². The zero-order valence-electron chi connectivity index (χ0n) is 17.3. The molecule has 3 fully saturated rings. The van der Waals surface area contributed by atoms with Crippen LogP contribution in [0.3, 0.4) is 0 Å². The average Bonchev–Trinajstić information content (AvgIpc) is 3.37. The number of aromatic nitrogens is 2. The lowest BCUT2D eigenvalue weighted by atomic mass is 9.86. The van der Waals surface area contributed by atoms with E-state index < -0.39 is 45.8 Å². The van der Waals surface area contributed by atoms with E-state index in [2.05, 4.69) is 9.97 Å². The van der Waals surface area contributed by atoms with Crippen molar-refractivity contribution < 1.29 is 36.2 Å². The van der Waals surface area contributed by atoms with Gasteiger partial charge < -0.3 is 9.84 Å². The lowest BCUT2D eigenvalue weighted by Crippen LogP contribution is -2.51. The summed E-state index contributed by atoms with van der Waals surface area (Å²) in [6, 6.07) is -2.47. The molecule has 1 saturated heterocycles. The second kappa shape index (κ2) is 8.41. The Labute approximate surface area is 183 Å². The van der Waals surface area contributed by atoms with Crippen LogP contribution in [0, 0.1) is 11.7 Å². The van der Waals surface area contributed by atoms with Gasteiger partial charge in [-0.05, 0) is 44.9 Å². The monoisotopic (exact) mass is 478 g/mol. The number of carbonyl (C=O) groups is 1. The van der Waals surface area contributed by atoms with Crippen molar-refractivity contribution in [3.8, 4) is 0 Å². The van der Waals surface area contributed by atoms with Crippen molar-refractivity contribution in [2.75, 3.05) is 6.61 Å². The van der Waals surface area contributed by atoms with Gasteiger partial charge in [0.2, 0.25) is 0 Å². The van der Waals surface area contributed by atoms with E-state index >= 15 is 0 Å². The second-order valence-corrected chi connectivity index (χ2v) is 10.6. The summed E-state index contributed by atoms with van der Waals surface area (Å²) in [5, 5.41) is 9.55. The second-order valence-electron chi connectivity index (χ2n) is 8.88. The SMILES string of the molecule is C[C@@H]1C[C@H](NS(=O)(=O)C(F)F)[C@H](COC2CCC3(c4ncc(F)cn4)CC3C2)N1C(=O)O. The molecule has 2 saturated carbocycles. The number of carboxylic acid groups (broad SMARTS) is 1. The van der Waals surface area contributed by atoms with Gasteiger partial charge in [-0.25, -0.2) is 32.3 Å². The highest BCUT2D eigenvalue weighted by Crippen LogP contribution is 2.61. The minimum atomic E-state index is -4.87. The van der Waals surface area contributed by atoms with E-state index in [0.29, 0.717) is 18.7 Å². The molecule has 3 unspecified atom stereocenters. The van der Waals surface area contributed by atoms with E-state index in [1.54, 1.807) is 6.92 Å². The Morgan fingerprint density at radius 1 is 1.38 bits per heavy atom. The average molecular weight is 478 g/mol. The summed E-state index contributed by atoms with van der Waals surface area (Å²) in [4.78, 5) is 21.0. The number of alkyl halides is 2. The van der Waals surface area contributed by atoms with E-state index in [-0.39, 0.29) is 30.5 Å².